The number of nitrogens with one attached hydrogen (secondary N) is 3. The molecule has 0 aromatic heterocycles. The Bertz CT molecular complexity index is 801. The second kappa shape index (κ2) is 13.5. The molecule has 33 heavy (non-hydrogen) atoms. The number of aliphatic hydroxyl groups is 2. The zero-order chi connectivity index (χ0) is 25.1. The van der Waals surface area contributed by atoms with Crippen molar-refractivity contribution in [3.8, 4) is 0 Å². The van der Waals surface area contributed by atoms with Crippen LogP contribution in [0.1, 0.15) is 32.8 Å². The molecule has 5 unspecified atom stereocenters. The first-order valence-electron chi connectivity index (χ1n) is 10.7. The predicted octanol–water partition coefficient (Wildman–Crippen LogP) is -1.49. The van der Waals surface area contributed by atoms with Gasteiger partial charge in [0.25, 0.3) is 0 Å². The van der Waals surface area contributed by atoms with Gasteiger partial charge in [-0.1, -0.05) is 44.2 Å². The smallest absolute Gasteiger partial charge is 0.328 e. The molecule has 0 aliphatic carbocycles. The van der Waals surface area contributed by atoms with Gasteiger partial charge >= 0.3 is 5.97 Å². The van der Waals surface area contributed by atoms with Crippen LogP contribution in [0.4, 0.5) is 0 Å². The molecule has 1 aromatic carbocycles. The van der Waals surface area contributed by atoms with Crippen molar-refractivity contribution >= 4 is 23.7 Å². The van der Waals surface area contributed by atoms with E-state index in [1.165, 1.54) is 6.92 Å². The highest BCUT2D eigenvalue weighted by atomic mass is 16.4. The maximum absolute atomic E-state index is 12.8. The summed E-state index contributed by atoms with van der Waals surface area (Å²) in [5.74, 6) is -3.62. The summed E-state index contributed by atoms with van der Waals surface area (Å²) >= 11 is 0. The van der Waals surface area contributed by atoms with E-state index in [0.717, 1.165) is 0 Å². The number of hydrogen-bond acceptors (Lipinski definition) is 7. The van der Waals surface area contributed by atoms with Crippen LogP contribution in [0.2, 0.25) is 0 Å². The predicted molar refractivity (Wildman–Crippen MR) is 120 cm³/mol. The first-order chi connectivity index (χ1) is 15.5. The van der Waals surface area contributed by atoms with Gasteiger partial charge in [-0.3, -0.25) is 14.4 Å². The second-order valence-electron chi connectivity index (χ2n) is 8.30. The molecular formula is C22H34N4O7. The van der Waals surface area contributed by atoms with Crippen LogP contribution in [0.5, 0.6) is 0 Å². The second-order valence-corrected chi connectivity index (χ2v) is 8.30. The van der Waals surface area contributed by atoms with E-state index in [4.69, 9.17) is 5.73 Å². The van der Waals surface area contributed by atoms with E-state index in [-0.39, 0.29) is 12.3 Å². The Hall–Kier alpha value is -3.02. The van der Waals surface area contributed by atoms with E-state index in [1.54, 1.807) is 30.3 Å². The molecular weight excluding hydrogens is 432 g/mol. The quantitative estimate of drug-likeness (QED) is 0.183. The topological polar surface area (TPSA) is 191 Å². The molecule has 0 fully saturated rings. The van der Waals surface area contributed by atoms with Gasteiger partial charge in [-0.2, -0.15) is 0 Å². The Morgan fingerprint density at radius 2 is 1.45 bits per heavy atom. The standard InChI is InChI=1S/C22H34N4O7/c1-12(2)9-15(23)19(29)25-17(11-27)21(31)24-16(10-14-7-5-4-6-8-14)20(30)26-18(13(3)28)22(32)33/h4-8,12-13,15-18,27-28H,9-11,23H2,1-3H3,(H,24,31)(H,25,29)(H,26,30)(H,32,33). The molecule has 0 aliphatic heterocycles. The van der Waals surface area contributed by atoms with Crippen molar-refractivity contribution in [2.75, 3.05) is 6.61 Å². The number of aliphatic carboxylic acids is 1. The van der Waals surface area contributed by atoms with E-state index >= 15 is 0 Å². The molecule has 0 saturated carbocycles. The van der Waals surface area contributed by atoms with Crippen molar-refractivity contribution < 1.29 is 34.5 Å². The number of hydrogen-bond donors (Lipinski definition) is 7. The summed E-state index contributed by atoms with van der Waals surface area (Å²) < 4.78 is 0. The highest BCUT2D eigenvalue weighted by Gasteiger charge is 2.31. The number of rotatable bonds is 13. The Kier molecular flexibility index (Phi) is 11.5. The van der Waals surface area contributed by atoms with E-state index in [2.05, 4.69) is 16.0 Å². The van der Waals surface area contributed by atoms with Crippen molar-refractivity contribution in [3.63, 3.8) is 0 Å². The summed E-state index contributed by atoms with van der Waals surface area (Å²) in [6.45, 7) is 4.24. The molecule has 0 heterocycles. The molecule has 0 spiro atoms. The summed E-state index contributed by atoms with van der Waals surface area (Å²) in [5, 5.41) is 35.5. The van der Waals surface area contributed by atoms with Crippen molar-refractivity contribution in [2.24, 2.45) is 11.7 Å². The van der Waals surface area contributed by atoms with Gasteiger partial charge in [0.2, 0.25) is 17.7 Å². The first-order valence-corrected chi connectivity index (χ1v) is 10.7. The van der Waals surface area contributed by atoms with E-state index in [1.807, 2.05) is 13.8 Å². The molecule has 3 amide bonds. The van der Waals surface area contributed by atoms with Crippen LogP contribution in [-0.2, 0) is 25.6 Å². The Morgan fingerprint density at radius 3 is 1.94 bits per heavy atom. The lowest BCUT2D eigenvalue weighted by molar-refractivity contribution is -0.145. The number of nitrogens with two attached hydrogens (primary N) is 1. The molecule has 0 bridgehead atoms. The van der Waals surface area contributed by atoms with Crippen molar-refractivity contribution in [1.29, 1.82) is 0 Å². The van der Waals surface area contributed by atoms with Crippen LogP contribution in [0, 0.1) is 5.92 Å². The van der Waals surface area contributed by atoms with Gasteiger partial charge in [0.15, 0.2) is 6.04 Å². The highest BCUT2D eigenvalue weighted by Crippen LogP contribution is 2.06. The van der Waals surface area contributed by atoms with Gasteiger partial charge in [0.05, 0.1) is 18.8 Å². The molecule has 8 N–H and O–H groups in total. The van der Waals surface area contributed by atoms with Crippen molar-refractivity contribution in [1.82, 2.24) is 16.0 Å². The fraction of sp³-hybridized carbons (Fsp3) is 0.545. The van der Waals surface area contributed by atoms with Crippen molar-refractivity contribution in [2.45, 2.75) is 63.9 Å². The van der Waals surface area contributed by atoms with E-state index in [0.29, 0.717) is 12.0 Å². The lowest BCUT2D eigenvalue weighted by Gasteiger charge is -2.25. The van der Waals surface area contributed by atoms with Crippen LogP contribution in [0.15, 0.2) is 30.3 Å². The molecule has 1 rings (SSSR count). The van der Waals surface area contributed by atoms with Gasteiger partial charge in [0, 0.05) is 6.42 Å². The number of carboxylic acid groups (broad SMARTS) is 1. The van der Waals surface area contributed by atoms with Crippen LogP contribution in [-0.4, -0.2) is 75.9 Å². The maximum atomic E-state index is 12.8. The van der Waals surface area contributed by atoms with Crippen LogP contribution >= 0.6 is 0 Å². The number of carbonyl (C=O) groups is 4. The zero-order valence-corrected chi connectivity index (χ0v) is 19.0. The number of benzene rings is 1. The minimum Gasteiger partial charge on any atom is -0.480 e. The summed E-state index contributed by atoms with van der Waals surface area (Å²) in [7, 11) is 0. The lowest BCUT2D eigenvalue weighted by Crippen LogP contribution is -2.59. The van der Waals surface area contributed by atoms with Crippen molar-refractivity contribution in [3.05, 3.63) is 35.9 Å². The monoisotopic (exact) mass is 466 g/mol. The fourth-order valence-corrected chi connectivity index (χ4v) is 3.06. The van der Waals surface area contributed by atoms with Crippen LogP contribution < -0.4 is 21.7 Å². The van der Waals surface area contributed by atoms with Gasteiger partial charge < -0.3 is 37.0 Å². The molecule has 0 saturated heterocycles. The average Bonchev–Trinajstić information content (AvgIpc) is 2.74. The lowest BCUT2D eigenvalue weighted by atomic mass is 10.0. The molecule has 0 radical (unpaired) electrons. The largest absolute Gasteiger partial charge is 0.480 e. The third-order valence-electron chi connectivity index (χ3n) is 4.84. The Balaban J connectivity index is 3.00. The van der Waals surface area contributed by atoms with E-state index in [9.17, 15) is 34.5 Å². The van der Waals surface area contributed by atoms with Gasteiger partial charge in [-0.15, -0.1) is 0 Å². The molecule has 5 atom stereocenters. The molecule has 11 heteroatoms. The molecule has 1 aromatic rings. The normalized spacial score (nSPS) is 15.6. The SMILES string of the molecule is CC(C)CC(N)C(=O)NC(CO)C(=O)NC(Cc1ccccc1)C(=O)NC(C(=O)O)C(C)O. The summed E-state index contributed by atoms with van der Waals surface area (Å²) in [4.78, 5) is 49.1. The first kappa shape index (κ1) is 28.0. The maximum Gasteiger partial charge on any atom is 0.328 e. The number of amides is 3. The fourth-order valence-electron chi connectivity index (χ4n) is 3.06. The van der Waals surface area contributed by atoms with Gasteiger partial charge in [0.1, 0.15) is 12.1 Å². The molecule has 184 valence electrons. The Labute approximate surface area is 192 Å². The highest BCUT2D eigenvalue weighted by molar-refractivity contribution is 5.94. The third kappa shape index (κ3) is 9.56. The van der Waals surface area contributed by atoms with E-state index < -0.39 is 60.6 Å². The number of carboxylic acids is 1. The third-order valence-corrected chi connectivity index (χ3v) is 4.84. The van der Waals surface area contributed by atoms with Crippen LogP contribution in [0.25, 0.3) is 0 Å². The molecule has 0 aliphatic rings. The van der Waals surface area contributed by atoms with Crippen LogP contribution in [0.3, 0.4) is 0 Å². The minimum atomic E-state index is -1.59. The summed E-state index contributed by atoms with van der Waals surface area (Å²) in [6.07, 6.45) is -1.00. The summed E-state index contributed by atoms with van der Waals surface area (Å²) in [5.41, 5.74) is 6.49. The number of carbonyl (C=O) groups excluding carboxylic acids is 3. The number of aliphatic hydroxyl groups excluding tert-OH is 2. The minimum absolute atomic E-state index is 0.00349. The Morgan fingerprint density at radius 1 is 0.909 bits per heavy atom. The average molecular weight is 467 g/mol. The van der Waals surface area contributed by atoms with Gasteiger partial charge in [-0.05, 0) is 24.8 Å². The van der Waals surface area contributed by atoms with Gasteiger partial charge in [-0.25, -0.2) is 4.79 Å². The molecule has 11 nitrogen and oxygen atoms in total. The zero-order valence-electron chi connectivity index (χ0n) is 19.0. The summed E-state index contributed by atoms with van der Waals surface area (Å²) in [6, 6.07) is 3.59.